The van der Waals surface area contributed by atoms with Crippen LogP contribution in [0.2, 0.25) is 0 Å². The SMILES string of the molecule is CCCCCCCCCCCCCCCCS(=O)(=O)C(C)C=O. The average Bonchev–Trinajstić information content (AvgIpc) is 2.54. The lowest BCUT2D eigenvalue weighted by atomic mass is 10.0. The largest absolute Gasteiger partial charge is 0.302 e. The molecule has 23 heavy (non-hydrogen) atoms. The van der Waals surface area contributed by atoms with E-state index in [0.717, 1.165) is 12.8 Å². The number of unbranched alkanes of at least 4 members (excludes halogenated alkanes) is 13. The third-order valence-corrected chi connectivity index (χ3v) is 6.64. The van der Waals surface area contributed by atoms with E-state index in [9.17, 15) is 13.2 Å². The first-order valence-electron chi connectivity index (χ1n) is 9.71. The van der Waals surface area contributed by atoms with Gasteiger partial charge in [0.05, 0.1) is 5.75 Å². The highest BCUT2D eigenvalue weighted by molar-refractivity contribution is 7.92. The highest BCUT2D eigenvalue weighted by Crippen LogP contribution is 2.13. The molecule has 0 saturated carbocycles. The molecule has 0 rings (SSSR count). The minimum Gasteiger partial charge on any atom is -0.302 e. The van der Waals surface area contributed by atoms with E-state index in [0.29, 0.717) is 12.7 Å². The van der Waals surface area contributed by atoms with Crippen LogP contribution in [0, 0.1) is 0 Å². The van der Waals surface area contributed by atoms with Crippen LogP contribution in [0.3, 0.4) is 0 Å². The van der Waals surface area contributed by atoms with E-state index in [4.69, 9.17) is 0 Å². The molecule has 4 heteroatoms. The molecule has 0 bridgehead atoms. The van der Waals surface area contributed by atoms with Crippen molar-refractivity contribution in [2.75, 3.05) is 5.75 Å². The van der Waals surface area contributed by atoms with Crippen molar-refractivity contribution in [1.82, 2.24) is 0 Å². The fraction of sp³-hybridized carbons (Fsp3) is 0.947. The molecule has 0 aromatic carbocycles. The van der Waals surface area contributed by atoms with Crippen LogP contribution in [0.25, 0.3) is 0 Å². The molecular weight excluding hydrogens is 308 g/mol. The van der Waals surface area contributed by atoms with Crippen LogP contribution in [0.5, 0.6) is 0 Å². The fourth-order valence-electron chi connectivity index (χ4n) is 2.77. The Morgan fingerprint density at radius 1 is 0.696 bits per heavy atom. The molecule has 0 aliphatic heterocycles. The zero-order chi connectivity index (χ0) is 17.4. The predicted octanol–water partition coefficient (Wildman–Crippen LogP) is 5.47. The Kier molecular flexibility index (Phi) is 14.9. The number of carbonyl (C=O) groups excluding carboxylic acids is 1. The Labute approximate surface area is 144 Å². The van der Waals surface area contributed by atoms with Crippen LogP contribution in [-0.2, 0) is 14.6 Å². The van der Waals surface area contributed by atoms with E-state index in [1.165, 1.54) is 77.6 Å². The van der Waals surface area contributed by atoms with Gasteiger partial charge >= 0.3 is 0 Å². The quantitative estimate of drug-likeness (QED) is 0.259. The summed E-state index contributed by atoms with van der Waals surface area (Å²) in [5.74, 6) is 0.158. The number of hydrogen-bond acceptors (Lipinski definition) is 3. The van der Waals surface area contributed by atoms with Crippen molar-refractivity contribution in [1.29, 1.82) is 0 Å². The monoisotopic (exact) mass is 346 g/mol. The maximum atomic E-state index is 11.6. The van der Waals surface area contributed by atoms with Gasteiger partial charge in [-0.05, 0) is 13.3 Å². The molecule has 0 saturated heterocycles. The number of hydrogen-bond donors (Lipinski definition) is 0. The summed E-state index contributed by atoms with van der Waals surface area (Å²) in [6, 6.07) is 0. The number of carbonyl (C=O) groups is 1. The Balaban J connectivity index is 3.27. The van der Waals surface area contributed by atoms with Gasteiger partial charge in [-0.15, -0.1) is 0 Å². The van der Waals surface area contributed by atoms with Crippen molar-refractivity contribution in [3.8, 4) is 0 Å². The molecule has 1 unspecified atom stereocenters. The van der Waals surface area contributed by atoms with Gasteiger partial charge < -0.3 is 4.79 Å². The molecule has 138 valence electrons. The minimum atomic E-state index is -3.19. The lowest BCUT2D eigenvalue weighted by molar-refractivity contribution is -0.107. The van der Waals surface area contributed by atoms with E-state index in [2.05, 4.69) is 6.92 Å². The highest BCUT2D eigenvalue weighted by Gasteiger charge is 2.18. The zero-order valence-corrected chi connectivity index (χ0v) is 16.2. The van der Waals surface area contributed by atoms with Gasteiger partial charge in [0, 0.05) is 0 Å². The first kappa shape index (κ1) is 22.6. The van der Waals surface area contributed by atoms with Crippen molar-refractivity contribution in [3.63, 3.8) is 0 Å². The molecule has 0 radical (unpaired) electrons. The van der Waals surface area contributed by atoms with Crippen LogP contribution in [0.1, 0.15) is 104 Å². The van der Waals surface area contributed by atoms with Crippen LogP contribution in [0.4, 0.5) is 0 Å². The Morgan fingerprint density at radius 3 is 1.39 bits per heavy atom. The molecule has 0 N–H and O–H groups in total. The second-order valence-corrected chi connectivity index (χ2v) is 9.28. The van der Waals surface area contributed by atoms with Gasteiger partial charge in [-0.25, -0.2) is 8.42 Å². The Morgan fingerprint density at radius 2 is 1.04 bits per heavy atom. The maximum Gasteiger partial charge on any atom is 0.159 e. The van der Waals surface area contributed by atoms with E-state index in [-0.39, 0.29) is 5.75 Å². The standard InChI is InChI=1S/C19H38O3S/c1-3-4-5-6-7-8-9-10-11-12-13-14-15-16-17-23(21,22)19(2)18-20/h18-19H,3-17H2,1-2H3. The van der Waals surface area contributed by atoms with E-state index in [1.54, 1.807) is 0 Å². The van der Waals surface area contributed by atoms with Gasteiger partial charge in [0.1, 0.15) is 11.5 Å². The lowest BCUT2D eigenvalue weighted by Gasteiger charge is -2.06. The normalized spacial score (nSPS) is 13.1. The summed E-state index contributed by atoms with van der Waals surface area (Å²) in [5, 5.41) is -0.843. The van der Waals surface area contributed by atoms with Gasteiger partial charge in [-0.2, -0.15) is 0 Å². The molecule has 0 fully saturated rings. The van der Waals surface area contributed by atoms with Gasteiger partial charge in [-0.1, -0.05) is 90.4 Å². The third kappa shape index (κ3) is 13.7. The topological polar surface area (TPSA) is 51.2 Å². The maximum absolute atomic E-state index is 11.6. The highest BCUT2D eigenvalue weighted by atomic mass is 32.2. The van der Waals surface area contributed by atoms with Gasteiger partial charge in [0.15, 0.2) is 9.84 Å². The third-order valence-electron chi connectivity index (χ3n) is 4.54. The second-order valence-electron chi connectivity index (χ2n) is 6.80. The molecular formula is C19H38O3S. The first-order chi connectivity index (χ1) is 11.0. The van der Waals surface area contributed by atoms with Crippen molar-refractivity contribution >= 4 is 16.1 Å². The number of aldehydes is 1. The first-order valence-corrected chi connectivity index (χ1v) is 11.4. The molecule has 0 heterocycles. The molecule has 0 aromatic heterocycles. The number of rotatable bonds is 17. The molecule has 0 aliphatic rings. The molecule has 0 amide bonds. The summed E-state index contributed by atoms with van der Waals surface area (Å²) in [7, 11) is -3.19. The Bertz CT molecular complexity index is 363. The zero-order valence-electron chi connectivity index (χ0n) is 15.4. The Hall–Kier alpha value is -0.380. The van der Waals surface area contributed by atoms with Gasteiger partial charge in [-0.3, -0.25) is 0 Å². The second kappa shape index (κ2) is 15.2. The summed E-state index contributed by atoms with van der Waals surface area (Å²) in [5.41, 5.74) is 0. The average molecular weight is 347 g/mol. The summed E-state index contributed by atoms with van der Waals surface area (Å²) < 4.78 is 23.3. The summed E-state index contributed by atoms with van der Waals surface area (Å²) in [4.78, 5) is 10.5. The van der Waals surface area contributed by atoms with Crippen molar-refractivity contribution in [2.45, 2.75) is 109 Å². The molecule has 0 aliphatic carbocycles. The summed E-state index contributed by atoms with van der Waals surface area (Å²) in [6.45, 7) is 3.72. The van der Waals surface area contributed by atoms with Crippen LogP contribution >= 0.6 is 0 Å². The van der Waals surface area contributed by atoms with E-state index in [1.807, 2.05) is 0 Å². The summed E-state index contributed by atoms with van der Waals surface area (Å²) >= 11 is 0. The number of sulfone groups is 1. The van der Waals surface area contributed by atoms with Crippen molar-refractivity contribution < 1.29 is 13.2 Å². The molecule has 3 nitrogen and oxygen atoms in total. The van der Waals surface area contributed by atoms with Crippen LogP contribution in [0.15, 0.2) is 0 Å². The van der Waals surface area contributed by atoms with Gasteiger partial charge in [0.2, 0.25) is 0 Å². The lowest BCUT2D eigenvalue weighted by Crippen LogP contribution is -2.22. The van der Waals surface area contributed by atoms with Crippen LogP contribution in [-0.4, -0.2) is 25.7 Å². The minimum absolute atomic E-state index is 0.158. The van der Waals surface area contributed by atoms with E-state index >= 15 is 0 Å². The van der Waals surface area contributed by atoms with Crippen LogP contribution < -0.4 is 0 Å². The smallest absolute Gasteiger partial charge is 0.159 e. The van der Waals surface area contributed by atoms with E-state index < -0.39 is 15.1 Å². The molecule has 0 aromatic rings. The molecule has 0 spiro atoms. The molecule has 1 atom stereocenters. The van der Waals surface area contributed by atoms with Crippen molar-refractivity contribution in [3.05, 3.63) is 0 Å². The summed E-state index contributed by atoms with van der Waals surface area (Å²) in [6.07, 6.45) is 18.1. The van der Waals surface area contributed by atoms with Crippen molar-refractivity contribution in [2.24, 2.45) is 0 Å². The van der Waals surface area contributed by atoms with Gasteiger partial charge in [0.25, 0.3) is 0 Å². The predicted molar refractivity (Wildman–Crippen MR) is 99.6 cm³/mol. The fourth-order valence-corrected chi connectivity index (χ4v) is 3.92.